The van der Waals surface area contributed by atoms with Crippen molar-refractivity contribution in [3.8, 4) is 5.75 Å². The SMILES string of the molecule is CNC(CS(=O)(=O)c1cccs1)c1cccc(OC)c1. The summed E-state index contributed by atoms with van der Waals surface area (Å²) in [6, 6.07) is 10.6. The molecule has 1 heterocycles. The predicted octanol–water partition coefficient (Wildman–Crippen LogP) is 2.49. The van der Waals surface area contributed by atoms with Gasteiger partial charge in [-0.25, -0.2) is 8.42 Å². The van der Waals surface area contributed by atoms with Crippen LogP contribution < -0.4 is 10.1 Å². The first-order valence-electron chi connectivity index (χ1n) is 6.14. The van der Waals surface area contributed by atoms with Crippen molar-refractivity contribution < 1.29 is 13.2 Å². The van der Waals surface area contributed by atoms with Crippen LogP contribution in [0.2, 0.25) is 0 Å². The van der Waals surface area contributed by atoms with Crippen LogP contribution in [0.25, 0.3) is 0 Å². The van der Waals surface area contributed by atoms with Gasteiger partial charge in [-0.1, -0.05) is 18.2 Å². The predicted molar refractivity (Wildman–Crippen MR) is 81.2 cm³/mol. The minimum absolute atomic E-state index is 0.0250. The van der Waals surface area contributed by atoms with Crippen molar-refractivity contribution >= 4 is 21.2 Å². The molecule has 108 valence electrons. The average molecular weight is 311 g/mol. The molecule has 1 unspecified atom stereocenters. The number of hydrogen-bond acceptors (Lipinski definition) is 5. The van der Waals surface area contributed by atoms with Crippen molar-refractivity contribution in [2.24, 2.45) is 0 Å². The molecule has 2 rings (SSSR count). The van der Waals surface area contributed by atoms with Crippen molar-refractivity contribution in [3.05, 3.63) is 47.3 Å². The minimum atomic E-state index is -3.28. The van der Waals surface area contributed by atoms with E-state index in [1.54, 1.807) is 31.7 Å². The Morgan fingerprint density at radius 1 is 1.30 bits per heavy atom. The molecule has 1 aromatic carbocycles. The number of methoxy groups -OCH3 is 1. The number of thiophene rings is 1. The Kier molecular flexibility index (Phi) is 4.80. The van der Waals surface area contributed by atoms with Crippen LogP contribution in [-0.2, 0) is 9.84 Å². The van der Waals surface area contributed by atoms with Gasteiger partial charge in [0.1, 0.15) is 9.96 Å². The van der Waals surface area contributed by atoms with Gasteiger partial charge in [-0.05, 0) is 36.2 Å². The summed E-state index contributed by atoms with van der Waals surface area (Å²) in [5.41, 5.74) is 0.895. The van der Waals surface area contributed by atoms with E-state index in [-0.39, 0.29) is 11.8 Å². The normalized spacial score (nSPS) is 13.1. The molecule has 0 saturated heterocycles. The maximum Gasteiger partial charge on any atom is 0.189 e. The highest BCUT2D eigenvalue weighted by atomic mass is 32.2. The lowest BCUT2D eigenvalue weighted by molar-refractivity contribution is 0.413. The van der Waals surface area contributed by atoms with Crippen molar-refractivity contribution in [2.75, 3.05) is 19.9 Å². The van der Waals surface area contributed by atoms with Crippen LogP contribution in [0.4, 0.5) is 0 Å². The molecular weight excluding hydrogens is 294 g/mol. The van der Waals surface area contributed by atoms with Crippen molar-refractivity contribution in [2.45, 2.75) is 10.3 Å². The Morgan fingerprint density at radius 2 is 2.10 bits per heavy atom. The topological polar surface area (TPSA) is 55.4 Å². The second kappa shape index (κ2) is 6.39. The lowest BCUT2D eigenvalue weighted by atomic mass is 10.1. The van der Waals surface area contributed by atoms with E-state index in [4.69, 9.17) is 4.74 Å². The van der Waals surface area contributed by atoms with Crippen LogP contribution >= 0.6 is 11.3 Å². The Morgan fingerprint density at radius 3 is 2.70 bits per heavy atom. The third-order valence-electron chi connectivity index (χ3n) is 3.03. The fourth-order valence-electron chi connectivity index (χ4n) is 1.95. The molecule has 0 saturated carbocycles. The number of hydrogen-bond donors (Lipinski definition) is 1. The van der Waals surface area contributed by atoms with Crippen LogP contribution in [0, 0.1) is 0 Å². The van der Waals surface area contributed by atoms with E-state index in [2.05, 4.69) is 5.32 Å². The largest absolute Gasteiger partial charge is 0.497 e. The zero-order chi connectivity index (χ0) is 14.6. The summed E-state index contributed by atoms with van der Waals surface area (Å²) in [6.07, 6.45) is 0. The monoisotopic (exact) mass is 311 g/mol. The van der Waals surface area contributed by atoms with Crippen LogP contribution in [0.1, 0.15) is 11.6 Å². The van der Waals surface area contributed by atoms with Gasteiger partial charge >= 0.3 is 0 Å². The molecule has 0 amide bonds. The van der Waals surface area contributed by atoms with Gasteiger partial charge in [0.25, 0.3) is 0 Å². The number of rotatable bonds is 6. The van der Waals surface area contributed by atoms with Gasteiger partial charge in [-0.15, -0.1) is 11.3 Å². The van der Waals surface area contributed by atoms with Gasteiger partial charge in [0.05, 0.1) is 12.9 Å². The van der Waals surface area contributed by atoms with Crippen LogP contribution in [-0.4, -0.2) is 28.3 Å². The molecule has 0 aliphatic heterocycles. The molecule has 6 heteroatoms. The van der Waals surface area contributed by atoms with Gasteiger partial charge in [0, 0.05) is 6.04 Å². The molecule has 20 heavy (non-hydrogen) atoms. The third-order valence-corrected chi connectivity index (χ3v) is 6.27. The van der Waals surface area contributed by atoms with Crippen molar-refractivity contribution in [1.29, 1.82) is 0 Å². The summed E-state index contributed by atoms with van der Waals surface area (Å²) in [6.45, 7) is 0. The van der Waals surface area contributed by atoms with Gasteiger partial charge in [0.15, 0.2) is 9.84 Å². The zero-order valence-corrected chi connectivity index (χ0v) is 13.0. The maximum atomic E-state index is 12.3. The second-order valence-corrected chi connectivity index (χ2v) is 7.54. The third kappa shape index (κ3) is 3.39. The quantitative estimate of drug-likeness (QED) is 0.890. The lowest BCUT2D eigenvalue weighted by Gasteiger charge is -2.17. The molecule has 0 fully saturated rings. The Hall–Kier alpha value is -1.37. The summed E-state index contributed by atoms with van der Waals surface area (Å²) in [4.78, 5) is 0. The smallest absolute Gasteiger partial charge is 0.189 e. The summed E-state index contributed by atoms with van der Waals surface area (Å²) in [5.74, 6) is 0.744. The van der Waals surface area contributed by atoms with E-state index in [9.17, 15) is 8.42 Å². The first kappa shape index (κ1) is 15.0. The standard InChI is InChI=1S/C14H17NO3S2/c1-15-13(11-5-3-6-12(9-11)18-2)10-20(16,17)14-7-4-8-19-14/h3-9,13,15H,10H2,1-2H3. The highest BCUT2D eigenvalue weighted by Crippen LogP contribution is 2.25. The molecule has 0 radical (unpaired) electrons. The zero-order valence-electron chi connectivity index (χ0n) is 11.4. The number of benzene rings is 1. The van der Waals surface area contributed by atoms with E-state index in [1.807, 2.05) is 24.3 Å². The molecule has 0 bridgehead atoms. The molecule has 0 aliphatic carbocycles. The fraction of sp³-hybridized carbons (Fsp3) is 0.286. The van der Waals surface area contributed by atoms with Crippen molar-refractivity contribution in [1.82, 2.24) is 5.32 Å². The number of sulfone groups is 1. The van der Waals surface area contributed by atoms with Crippen LogP contribution in [0.5, 0.6) is 5.75 Å². The highest BCUT2D eigenvalue weighted by Gasteiger charge is 2.22. The highest BCUT2D eigenvalue weighted by molar-refractivity contribution is 7.93. The molecule has 2 aromatic rings. The number of ether oxygens (including phenoxy) is 1. The molecule has 0 aliphatic rings. The minimum Gasteiger partial charge on any atom is -0.497 e. The summed E-state index contributed by atoms with van der Waals surface area (Å²) in [7, 11) is 0.0704. The lowest BCUT2D eigenvalue weighted by Crippen LogP contribution is -2.25. The van der Waals surface area contributed by atoms with E-state index in [1.165, 1.54) is 11.3 Å². The summed E-state index contributed by atoms with van der Waals surface area (Å²) in [5, 5.41) is 4.83. The van der Waals surface area contributed by atoms with E-state index >= 15 is 0 Å². The molecule has 4 nitrogen and oxygen atoms in total. The number of nitrogens with one attached hydrogen (secondary N) is 1. The Labute approximate surface area is 123 Å². The fourth-order valence-corrected chi connectivity index (χ4v) is 4.60. The van der Waals surface area contributed by atoms with Crippen LogP contribution in [0.3, 0.4) is 0 Å². The molecule has 1 atom stereocenters. The molecule has 0 spiro atoms. The maximum absolute atomic E-state index is 12.3. The van der Waals surface area contributed by atoms with Gasteiger partial charge in [-0.2, -0.15) is 0 Å². The average Bonchev–Trinajstić information content (AvgIpc) is 3.00. The first-order chi connectivity index (χ1) is 9.56. The molecular formula is C14H17NO3S2. The van der Waals surface area contributed by atoms with E-state index < -0.39 is 9.84 Å². The van der Waals surface area contributed by atoms with Gasteiger partial charge in [-0.3, -0.25) is 0 Å². The summed E-state index contributed by atoms with van der Waals surface area (Å²) < 4.78 is 30.2. The Balaban J connectivity index is 2.25. The Bertz CT molecular complexity index is 651. The van der Waals surface area contributed by atoms with E-state index in [0.717, 1.165) is 11.3 Å². The second-order valence-electron chi connectivity index (χ2n) is 4.33. The molecule has 1 N–H and O–H groups in total. The first-order valence-corrected chi connectivity index (χ1v) is 8.67. The van der Waals surface area contributed by atoms with E-state index in [0.29, 0.717) is 4.21 Å². The summed E-state index contributed by atoms with van der Waals surface area (Å²) >= 11 is 1.24. The van der Waals surface area contributed by atoms with Crippen molar-refractivity contribution in [3.63, 3.8) is 0 Å². The van der Waals surface area contributed by atoms with Crippen LogP contribution in [0.15, 0.2) is 46.0 Å². The van der Waals surface area contributed by atoms with Gasteiger partial charge < -0.3 is 10.1 Å². The van der Waals surface area contributed by atoms with Gasteiger partial charge in [0.2, 0.25) is 0 Å². The molecule has 1 aromatic heterocycles.